The topological polar surface area (TPSA) is 135 Å². The van der Waals surface area contributed by atoms with Crippen LogP contribution < -0.4 is 15.5 Å². The maximum atomic E-state index is 13.2. The summed E-state index contributed by atoms with van der Waals surface area (Å²) < 4.78 is 0. The number of nitrogens with one attached hydrogen (secondary N) is 2. The second-order valence-electron chi connectivity index (χ2n) is 12.0. The Hall–Kier alpha value is -5.08. The van der Waals surface area contributed by atoms with Crippen molar-refractivity contribution in [1.82, 2.24) is 19.8 Å². The molecule has 0 bridgehead atoms. The number of hydrogen-bond acceptors (Lipinski definition) is 8. The highest BCUT2D eigenvalue weighted by Gasteiger charge is 2.24. The van der Waals surface area contributed by atoms with Gasteiger partial charge in [0.25, 0.3) is 0 Å². The van der Waals surface area contributed by atoms with Crippen LogP contribution in [0.25, 0.3) is 0 Å². The lowest BCUT2D eigenvalue weighted by Crippen LogP contribution is -2.50. The summed E-state index contributed by atoms with van der Waals surface area (Å²) in [5, 5.41) is 14.8. The molecular weight excluding hydrogens is 580 g/mol. The van der Waals surface area contributed by atoms with Crippen LogP contribution in [0.5, 0.6) is 0 Å². The molecule has 1 aromatic heterocycles. The van der Waals surface area contributed by atoms with Gasteiger partial charge in [0.2, 0.25) is 5.91 Å². The van der Waals surface area contributed by atoms with Crippen molar-refractivity contribution in [3.05, 3.63) is 89.4 Å². The third kappa shape index (κ3) is 8.14. The second-order valence-corrected chi connectivity index (χ2v) is 12.0. The lowest BCUT2D eigenvalue weighted by molar-refractivity contribution is -0.111. The van der Waals surface area contributed by atoms with E-state index in [0.717, 1.165) is 42.9 Å². The summed E-state index contributed by atoms with van der Waals surface area (Å²) in [6, 6.07) is 14.1. The fraction of sp³-hybridized carbons (Fsp3) is 0.371. The molecule has 46 heavy (non-hydrogen) atoms. The minimum absolute atomic E-state index is 0.0776. The van der Waals surface area contributed by atoms with Crippen molar-refractivity contribution in [3.63, 3.8) is 0 Å². The monoisotopic (exact) mass is 620 g/mol. The van der Waals surface area contributed by atoms with Crippen molar-refractivity contribution in [2.45, 2.75) is 32.6 Å². The number of rotatable bonds is 9. The number of Topliss-reactive ketones (excluding diaryl/α,β-unsaturated/α-hetero) is 1. The first-order chi connectivity index (χ1) is 22.2. The van der Waals surface area contributed by atoms with Crippen LogP contribution in [0.4, 0.5) is 22.0 Å². The molecule has 11 heteroatoms. The van der Waals surface area contributed by atoms with Gasteiger partial charge in [-0.15, -0.1) is 0 Å². The number of amides is 3. The Morgan fingerprint density at radius 2 is 1.74 bits per heavy atom. The molecule has 3 aromatic rings. The molecule has 2 aromatic carbocycles. The summed E-state index contributed by atoms with van der Waals surface area (Å²) in [5.74, 6) is 1.48. The van der Waals surface area contributed by atoms with Crippen LogP contribution in [0.1, 0.15) is 52.1 Å². The van der Waals surface area contributed by atoms with Crippen LogP contribution in [0, 0.1) is 24.2 Å². The quantitative estimate of drug-likeness (QED) is 0.261. The third-order valence-corrected chi connectivity index (χ3v) is 8.66. The minimum Gasteiger partial charge on any atom is -0.353 e. The Morgan fingerprint density at radius 1 is 1.02 bits per heavy atom. The van der Waals surface area contributed by atoms with E-state index in [0.29, 0.717) is 73.3 Å². The number of carbonyl (C=O) groups excluding carboxylic acids is 3. The normalized spacial score (nSPS) is 15.6. The zero-order valence-electron chi connectivity index (χ0n) is 26.5. The Labute approximate surface area is 269 Å². The zero-order chi connectivity index (χ0) is 32.6. The number of nitrogens with zero attached hydrogens (tertiary/aromatic N) is 6. The molecule has 0 unspecified atom stereocenters. The Kier molecular flexibility index (Phi) is 10.4. The molecule has 0 spiro atoms. The summed E-state index contributed by atoms with van der Waals surface area (Å²) in [7, 11) is 2.11. The number of anilines is 3. The highest BCUT2D eigenvalue weighted by molar-refractivity contribution is 6.02. The number of aromatic nitrogens is 2. The summed E-state index contributed by atoms with van der Waals surface area (Å²) in [6.45, 7) is 9.79. The molecule has 3 heterocycles. The maximum Gasteiger partial charge on any atom is 0.321 e. The molecule has 0 atom stereocenters. The van der Waals surface area contributed by atoms with E-state index in [1.54, 1.807) is 41.4 Å². The number of aryl methyl sites for hydroxylation is 1. The fourth-order valence-electron chi connectivity index (χ4n) is 5.85. The molecule has 11 nitrogen and oxygen atoms in total. The SMILES string of the molecule is C=CC(=O)Nc1cc(C(=O)CC2CCN(C)CC2)ccc1Cc1ncc(C)c(N2CCN(C(=O)Nc3ccc(C#N)cc3)CC2)n1. The molecule has 2 aliphatic heterocycles. The fourth-order valence-corrected chi connectivity index (χ4v) is 5.85. The Morgan fingerprint density at radius 3 is 2.41 bits per heavy atom. The number of piperazine rings is 1. The summed E-state index contributed by atoms with van der Waals surface area (Å²) >= 11 is 0. The van der Waals surface area contributed by atoms with Gasteiger partial charge in [-0.05, 0) is 87.8 Å². The van der Waals surface area contributed by atoms with Gasteiger partial charge in [-0.2, -0.15) is 5.26 Å². The van der Waals surface area contributed by atoms with Gasteiger partial charge in [-0.1, -0.05) is 18.7 Å². The van der Waals surface area contributed by atoms with Gasteiger partial charge in [0, 0.05) is 67.7 Å². The van der Waals surface area contributed by atoms with Crippen molar-refractivity contribution >= 4 is 34.9 Å². The summed E-state index contributed by atoms with van der Waals surface area (Å²) in [5.41, 5.74) is 4.02. The first-order valence-electron chi connectivity index (χ1n) is 15.6. The number of nitriles is 1. The largest absolute Gasteiger partial charge is 0.353 e. The van der Waals surface area contributed by atoms with E-state index in [1.807, 2.05) is 19.1 Å². The van der Waals surface area contributed by atoms with E-state index in [9.17, 15) is 14.4 Å². The van der Waals surface area contributed by atoms with Crippen LogP contribution in [0.2, 0.25) is 0 Å². The van der Waals surface area contributed by atoms with Crippen molar-refractivity contribution in [2.75, 3.05) is 61.8 Å². The maximum absolute atomic E-state index is 13.2. The number of ketones is 1. The van der Waals surface area contributed by atoms with E-state index in [4.69, 9.17) is 10.2 Å². The third-order valence-electron chi connectivity index (χ3n) is 8.66. The van der Waals surface area contributed by atoms with Gasteiger partial charge in [0.15, 0.2) is 5.78 Å². The highest BCUT2D eigenvalue weighted by atomic mass is 16.2. The average molecular weight is 621 g/mol. The van der Waals surface area contributed by atoms with Crippen molar-refractivity contribution in [3.8, 4) is 6.07 Å². The molecule has 5 rings (SSSR count). The molecule has 3 amide bonds. The molecule has 0 saturated carbocycles. The number of benzene rings is 2. The summed E-state index contributed by atoms with van der Waals surface area (Å²) in [6.07, 6.45) is 5.88. The smallest absolute Gasteiger partial charge is 0.321 e. The van der Waals surface area contributed by atoms with Crippen LogP contribution in [-0.4, -0.2) is 83.8 Å². The van der Waals surface area contributed by atoms with Crippen LogP contribution in [0.3, 0.4) is 0 Å². The molecule has 238 valence electrons. The molecule has 2 saturated heterocycles. The molecule has 2 N–H and O–H groups in total. The van der Waals surface area contributed by atoms with E-state index >= 15 is 0 Å². The second kappa shape index (κ2) is 14.8. The molecule has 2 fully saturated rings. The van der Waals surface area contributed by atoms with Crippen molar-refractivity contribution in [1.29, 1.82) is 5.26 Å². The predicted octanol–water partition coefficient (Wildman–Crippen LogP) is 4.64. The van der Waals surface area contributed by atoms with Gasteiger partial charge in [0.05, 0.1) is 11.6 Å². The Bertz CT molecular complexity index is 1630. The highest BCUT2D eigenvalue weighted by Crippen LogP contribution is 2.26. The average Bonchev–Trinajstić information content (AvgIpc) is 3.07. The van der Waals surface area contributed by atoms with Crippen molar-refractivity contribution < 1.29 is 14.4 Å². The number of urea groups is 1. The zero-order valence-corrected chi connectivity index (χ0v) is 26.5. The number of likely N-dealkylation sites (tertiary alicyclic amines) is 1. The van der Waals surface area contributed by atoms with Gasteiger partial charge in [-0.25, -0.2) is 14.8 Å². The lowest BCUT2D eigenvalue weighted by Gasteiger charge is -2.36. The number of carbonyl (C=O) groups is 3. The molecule has 2 aliphatic rings. The predicted molar refractivity (Wildman–Crippen MR) is 178 cm³/mol. The standard InChI is InChI=1S/C35H40N8O3/c1-4-33(45)39-30-20-28(31(44)19-25-11-13-41(3)14-12-25)8-7-27(30)21-32-37-23-24(2)34(40-32)42-15-17-43(18-16-42)35(46)38-29-9-5-26(22-36)6-10-29/h4-10,20,23,25H,1,11-19,21H2,2-3H3,(H,38,46)(H,39,45). The molecule has 0 aliphatic carbocycles. The van der Waals surface area contributed by atoms with Gasteiger partial charge in [0.1, 0.15) is 11.6 Å². The van der Waals surface area contributed by atoms with Gasteiger partial charge in [-0.3, -0.25) is 9.59 Å². The molecular formula is C35H40N8O3. The first kappa shape index (κ1) is 32.3. The number of hydrogen-bond donors (Lipinski definition) is 2. The van der Waals surface area contributed by atoms with Gasteiger partial charge >= 0.3 is 6.03 Å². The number of piperidine rings is 1. The summed E-state index contributed by atoms with van der Waals surface area (Å²) in [4.78, 5) is 54.0. The van der Waals surface area contributed by atoms with Crippen LogP contribution >= 0.6 is 0 Å². The van der Waals surface area contributed by atoms with Crippen LogP contribution in [0.15, 0.2) is 61.3 Å². The van der Waals surface area contributed by atoms with E-state index in [2.05, 4.69) is 45.1 Å². The van der Waals surface area contributed by atoms with E-state index < -0.39 is 0 Å². The molecule has 0 radical (unpaired) electrons. The van der Waals surface area contributed by atoms with Crippen LogP contribution in [-0.2, 0) is 11.2 Å². The van der Waals surface area contributed by atoms with Gasteiger partial charge < -0.3 is 25.3 Å². The van der Waals surface area contributed by atoms with Crippen molar-refractivity contribution in [2.24, 2.45) is 5.92 Å². The lowest BCUT2D eigenvalue weighted by atomic mass is 9.89. The van der Waals surface area contributed by atoms with E-state index in [-0.39, 0.29) is 17.7 Å². The first-order valence-corrected chi connectivity index (χ1v) is 15.6. The Balaban J connectivity index is 1.25. The van der Waals surface area contributed by atoms with E-state index in [1.165, 1.54) is 6.08 Å². The minimum atomic E-state index is -0.354.